The zero-order chi connectivity index (χ0) is 12.7. The second-order valence-corrected chi connectivity index (χ2v) is 5.31. The Morgan fingerprint density at radius 3 is 2.56 bits per heavy atom. The van der Waals surface area contributed by atoms with Gasteiger partial charge in [-0.3, -0.25) is 0 Å². The molecule has 0 spiro atoms. The topological polar surface area (TPSA) is 61.7 Å². The average Bonchev–Trinajstić information content (AvgIpc) is 2.90. The summed E-state index contributed by atoms with van der Waals surface area (Å²) in [5.74, 6) is 0.276. The van der Waals surface area contributed by atoms with Gasteiger partial charge in [0.2, 0.25) is 0 Å². The van der Waals surface area contributed by atoms with Crippen molar-refractivity contribution in [1.82, 2.24) is 5.32 Å². The molecule has 4 atom stereocenters. The Balaban J connectivity index is 1.73. The first kappa shape index (κ1) is 11.8. The fourth-order valence-corrected chi connectivity index (χ4v) is 3.20. The molecule has 2 fully saturated rings. The number of ether oxygens (including phenoxy) is 1. The van der Waals surface area contributed by atoms with E-state index in [1.807, 2.05) is 6.92 Å². The van der Waals surface area contributed by atoms with Crippen molar-refractivity contribution in [2.45, 2.75) is 50.5 Å². The third kappa shape index (κ3) is 1.95. The van der Waals surface area contributed by atoms with Crippen LogP contribution in [0.1, 0.15) is 37.8 Å². The Morgan fingerprint density at radius 2 is 2.00 bits per heavy atom. The minimum atomic E-state index is -0.0841. The molecule has 1 aromatic carbocycles. The van der Waals surface area contributed by atoms with Crippen molar-refractivity contribution in [1.29, 1.82) is 0 Å². The summed E-state index contributed by atoms with van der Waals surface area (Å²) in [6.45, 7) is 1.96. The van der Waals surface area contributed by atoms with Gasteiger partial charge < -0.3 is 20.3 Å². The van der Waals surface area contributed by atoms with Crippen LogP contribution in [0, 0.1) is 0 Å². The number of phenolic OH excluding ortho intramolecular Hbond substituents is 2. The number of hydrogen-bond donors (Lipinski definition) is 3. The van der Waals surface area contributed by atoms with E-state index in [1.165, 1.54) is 6.42 Å². The SMILES string of the molecule is CC(NC1CC2CCC1O2)c1c(O)cccc1O. The van der Waals surface area contributed by atoms with Crippen molar-refractivity contribution in [3.05, 3.63) is 23.8 Å². The lowest BCUT2D eigenvalue weighted by Gasteiger charge is -2.25. The molecule has 3 N–H and O–H groups in total. The summed E-state index contributed by atoms with van der Waals surface area (Å²) in [5, 5.41) is 23.1. The van der Waals surface area contributed by atoms with Crippen LogP contribution in [0.4, 0.5) is 0 Å². The molecular weight excluding hydrogens is 230 g/mol. The third-order valence-electron chi connectivity index (χ3n) is 4.06. The van der Waals surface area contributed by atoms with E-state index in [-0.39, 0.29) is 17.5 Å². The molecule has 18 heavy (non-hydrogen) atoms. The van der Waals surface area contributed by atoms with Crippen LogP contribution in [0.25, 0.3) is 0 Å². The molecule has 3 rings (SSSR count). The van der Waals surface area contributed by atoms with E-state index in [0.29, 0.717) is 23.8 Å². The van der Waals surface area contributed by atoms with E-state index in [1.54, 1.807) is 18.2 Å². The Morgan fingerprint density at radius 1 is 1.28 bits per heavy atom. The molecule has 0 aliphatic carbocycles. The molecule has 1 aromatic rings. The maximum absolute atomic E-state index is 9.84. The first-order valence-electron chi connectivity index (χ1n) is 6.57. The first-order valence-corrected chi connectivity index (χ1v) is 6.57. The normalized spacial score (nSPS) is 31.7. The van der Waals surface area contributed by atoms with Crippen molar-refractivity contribution in [2.75, 3.05) is 0 Å². The Bertz CT molecular complexity index is 428. The van der Waals surface area contributed by atoms with E-state index in [0.717, 1.165) is 12.8 Å². The van der Waals surface area contributed by atoms with E-state index in [4.69, 9.17) is 4.74 Å². The van der Waals surface area contributed by atoms with E-state index >= 15 is 0 Å². The number of fused-ring (bicyclic) bond motifs is 2. The Hall–Kier alpha value is -1.26. The van der Waals surface area contributed by atoms with Crippen LogP contribution in [0.3, 0.4) is 0 Å². The summed E-state index contributed by atoms with van der Waals surface area (Å²) in [6, 6.07) is 5.09. The van der Waals surface area contributed by atoms with Crippen LogP contribution in [-0.4, -0.2) is 28.5 Å². The highest BCUT2D eigenvalue weighted by Gasteiger charge is 2.41. The number of hydrogen-bond acceptors (Lipinski definition) is 4. The van der Waals surface area contributed by atoms with Gasteiger partial charge in [-0.05, 0) is 38.3 Å². The summed E-state index contributed by atoms with van der Waals surface area (Å²) in [4.78, 5) is 0. The second kappa shape index (κ2) is 4.44. The summed E-state index contributed by atoms with van der Waals surface area (Å²) in [6.07, 6.45) is 4.01. The largest absolute Gasteiger partial charge is 0.507 e. The molecule has 2 saturated heterocycles. The molecule has 98 valence electrons. The van der Waals surface area contributed by atoms with Crippen molar-refractivity contribution < 1.29 is 14.9 Å². The van der Waals surface area contributed by atoms with Gasteiger partial charge in [0.1, 0.15) is 11.5 Å². The highest BCUT2D eigenvalue weighted by atomic mass is 16.5. The summed E-state index contributed by atoms with van der Waals surface area (Å²) in [7, 11) is 0. The van der Waals surface area contributed by atoms with Gasteiger partial charge in [0.15, 0.2) is 0 Å². The summed E-state index contributed by atoms with van der Waals surface area (Å²) >= 11 is 0. The van der Waals surface area contributed by atoms with Gasteiger partial charge in [-0.15, -0.1) is 0 Å². The smallest absolute Gasteiger partial charge is 0.124 e. The van der Waals surface area contributed by atoms with Crippen molar-refractivity contribution in [3.63, 3.8) is 0 Å². The van der Waals surface area contributed by atoms with Gasteiger partial charge in [-0.25, -0.2) is 0 Å². The van der Waals surface area contributed by atoms with Gasteiger partial charge in [-0.2, -0.15) is 0 Å². The Labute approximate surface area is 107 Å². The van der Waals surface area contributed by atoms with Crippen LogP contribution in [0.5, 0.6) is 11.5 Å². The summed E-state index contributed by atoms with van der Waals surface area (Å²) in [5.41, 5.74) is 0.570. The number of benzene rings is 1. The zero-order valence-corrected chi connectivity index (χ0v) is 10.5. The monoisotopic (exact) mass is 249 g/mol. The van der Waals surface area contributed by atoms with Crippen molar-refractivity contribution in [3.8, 4) is 11.5 Å². The molecule has 2 bridgehead atoms. The number of aromatic hydroxyl groups is 2. The number of phenols is 2. The average molecular weight is 249 g/mol. The predicted molar refractivity (Wildman–Crippen MR) is 67.6 cm³/mol. The molecule has 2 heterocycles. The van der Waals surface area contributed by atoms with Gasteiger partial charge >= 0.3 is 0 Å². The van der Waals surface area contributed by atoms with Crippen LogP contribution >= 0.6 is 0 Å². The molecule has 0 amide bonds. The molecule has 4 heteroatoms. The van der Waals surface area contributed by atoms with Crippen LogP contribution in [-0.2, 0) is 4.74 Å². The molecular formula is C14H19NO3. The molecule has 0 radical (unpaired) electrons. The maximum atomic E-state index is 9.84. The van der Waals surface area contributed by atoms with Crippen LogP contribution < -0.4 is 5.32 Å². The molecule has 4 nitrogen and oxygen atoms in total. The third-order valence-corrected chi connectivity index (χ3v) is 4.06. The highest BCUT2D eigenvalue weighted by Crippen LogP contribution is 2.37. The lowest BCUT2D eigenvalue weighted by atomic mass is 9.94. The Kier molecular flexibility index (Phi) is 2.92. The highest BCUT2D eigenvalue weighted by molar-refractivity contribution is 5.45. The van der Waals surface area contributed by atoms with Crippen LogP contribution in [0.2, 0.25) is 0 Å². The van der Waals surface area contributed by atoms with E-state index < -0.39 is 0 Å². The fourth-order valence-electron chi connectivity index (χ4n) is 3.20. The number of nitrogens with one attached hydrogen (secondary N) is 1. The molecule has 2 aliphatic heterocycles. The quantitative estimate of drug-likeness (QED) is 0.767. The van der Waals surface area contributed by atoms with E-state index in [9.17, 15) is 10.2 Å². The molecule has 2 aliphatic rings. The minimum absolute atomic E-state index is 0.0841. The van der Waals surface area contributed by atoms with Gasteiger partial charge in [0.05, 0.1) is 17.8 Å². The number of rotatable bonds is 3. The molecule has 0 aromatic heterocycles. The van der Waals surface area contributed by atoms with Gasteiger partial charge in [-0.1, -0.05) is 6.07 Å². The molecule has 0 saturated carbocycles. The zero-order valence-electron chi connectivity index (χ0n) is 10.5. The van der Waals surface area contributed by atoms with Gasteiger partial charge in [0.25, 0.3) is 0 Å². The predicted octanol–water partition coefficient (Wildman–Crippen LogP) is 2.07. The standard InChI is InChI=1S/C14H19NO3/c1-8(14-11(16)3-2-4-12(14)17)15-10-7-9-5-6-13(10)18-9/h2-4,8-10,13,15-17H,5-7H2,1H3. The van der Waals surface area contributed by atoms with Crippen LogP contribution in [0.15, 0.2) is 18.2 Å². The lowest BCUT2D eigenvalue weighted by molar-refractivity contribution is 0.0961. The lowest BCUT2D eigenvalue weighted by Crippen LogP contribution is -2.39. The van der Waals surface area contributed by atoms with Crippen molar-refractivity contribution in [2.24, 2.45) is 0 Å². The summed E-state index contributed by atoms with van der Waals surface area (Å²) < 4.78 is 5.79. The van der Waals surface area contributed by atoms with Crippen molar-refractivity contribution >= 4 is 0 Å². The maximum Gasteiger partial charge on any atom is 0.124 e. The minimum Gasteiger partial charge on any atom is -0.507 e. The van der Waals surface area contributed by atoms with Gasteiger partial charge in [0, 0.05) is 12.1 Å². The van der Waals surface area contributed by atoms with E-state index in [2.05, 4.69) is 5.32 Å². The first-order chi connectivity index (χ1) is 8.65. The second-order valence-electron chi connectivity index (χ2n) is 5.31. The molecule has 4 unspecified atom stereocenters. The fraction of sp³-hybridized carbons (Fsp3) is 0.571.